The zero-order chi connectivity index (χ0) is 32.1. The summed E-state index contributed by atoms with van der Waals surface area (Å²) in [6, 6.07) is 22.7. The molecule has 0 aromatic heterocycles. The Balaban J connectivity index is 1.33. The third-order valence-corrected chi connectivity index (χ3v) is 6.88. The first-order valence-electron chi connectivity index (χ1n) is 15.7. The van der Waals surface area contributed by atoms with Gasteiger partial charge in [-0.1, -0.05) is 39.0 Å². The molecule has 0 saturated heterocycles. The minimum atomic E-state index is -0.202. The fourth-order valence-electron chi connectivity index (χ4n) is 4.22. The molecular weight excluding hydrogens is 570 g/mol. The van der Waals surface area contributed by atoms with Crippen LogP contribution >= 0.6 is 0 Å². The summed E-state index contributed by atoms with van der Waals surface area (Å²) in [7, 11) is 1.95. The van der Waals surface area contributed by atoms with Crippen molar-refractivity contribution >= 4 is 40.4 Å². The van der Waals surface area contributed by atoms with Crippen molar-refractivity contribution in [3.8, 4) is 5.75 Å². The van der Waals surface area contributed by atoms with Gasteiger partial charge in [0.2, 0.25) is 0 Å². The highest BCUT2D eigenvalue weighted by atomic mass is 16.5. The Morgan fingerprint density at radius 3 is 1.53 bits per heavy atom. The van der Waals surface area contributed by atoms with Crippen molar-refractivity contribution in [2.45, 2.75) is 65.2 Å². The lowest BCUT2D eigenvalue weighted by Gasteiger charge is -2.19. The Morgan fingerprint density at radius 1 is 0.600 bits per heavy atom. The van der Waals surface area contributed by atoms with Gasteiger partial charge in [0.1, 0.15) is 12.4 Å². The van der Waals surface area contributed by atoms with Gasteiger partial charge < -0.3 is 19.1 Å². The molecule has 0 aliphatic carbocycles. The van der Waals surface area contributed by atoms with E-state index in [-0.39, 0.29) is 11.9 Å². The molecule has 0 aliphatic heterocycles. The maximum absolute atomic E-state index is 11.3. The molecule has 0 fully saturated rings. The second kappa shape index (κ2) is 20.4. The molecule has 0 aliphatic rings. The summed E-state index contributed by atoms with van der Waals surface area (Å²) in [6.07, 6.45) is 8.14. The number of esters is 2. The van der Waals surface area contributed by atoms with Gasteiger partial charge in [0.05, 0.1) is 42.5 Å². The Bertz CT molecular complexity index is 1340. The van der Waals surface area contributed by atoms with Crippen molar-refractivity contribution < 1.29 is 23.8 Å². The van der Waals surface area contributed by atoms with Crippen LogP contribution in [0, 0.1) is 0 Å². The van der Waals surface area contributed by atoms with Crippen LogP contribution < -0.4 is 9.64 Å². The second-order valence-electron chi connectivity index (χ2n) is 10.6. The molecule has 0 bridgehead atoms. The summed E-state index contributed by atoms with van der Waals surface area (Å²) < 4.78 is 15.9. The van der Waals surface area contributed by atoms with Gasteiger partial charge in [-0.2, -0.15) is 20.5 Å². The zero-order valence-electron chi connectivity index (χ0n) is 26.7. The van der Waals surface area contributed by atoms with Crippen LogP contribution in [0.4, 0.5) is 28.4 Å². The van der Waals surface area contributed by atoms with Crippen LogP contribution in [0.5, 0.6) is 5.75 Å². The molecule has 0 amide bonds. The topological polar surface area (TPSA) is 115 Å². The molecule has 3 aromatic rings. The lowest BCUT2D eigenvalue weighted by Crippen LogP contribution is -2.23. The second-order valence-corrected chi connectivity index (χ2v) is 10.6. The number of anilines is 1. The summed E-state index contributed by atoms with van der Waals surface area (Å²) in [5.74, 6) is 0.431. The van der Waals surface area contributed by atoms with Crippen molar-refractivity contribution in [1.29, 1.82) is 0 Å². The number of hydrogen-bond acceptors (Lipinski definition) is 10. The SMILES string of the molecule is CCC(=O)OCCN(C)c1ccc(N=Nc2ccc(N=Nc3ccc(OCCCCCCCCCOC(C)=O)cc3)cc2)cc1. The van der Waals surface area contributed by atoms with Gasteiger partial charge >= 0.3 is 11.9 Å². The number of carbonyl (C=O) groups excluding carboxylic acids is 2. The quantitative estimate of drug-likeness (QED) is 0.0710. The van der Waals surface area contributed by atoms with E-state index >= 15 is 0 Å². The lowest BCUT2D eigenvalue weighted by atomic mass is 10.1. The van der Waals surface area contributed by atoms with E-state index in [0.29, 0.717) is 38.5 Å². The molecule has 10 heteroatoms. The van der Waals surface area contributed by atoms with Crippen LogP contribution in [-0.4, -0.2) is 45.4 Å². The maximum atomic E-state index is 11.3. The van der Waals surface area contributed by atoms with Gasteiger partial charge in [0, 0.05) is 26.1 Å². The fraction of sp³-hybridized carbons (Fsp3) is 0.429. The van der Waals surface area contributed by atoms with Gasteiger partial charge in [0.15, 0.2) is 0 Å². The van der Waals surface area contributed by atoms with Crippen LogP contribution in [0.3, 0.4) is 0 Å². The molecule has 0 heterocycles. The number of carbonyl (C=O) groups is 2. The van der Waals surface area contributed by atoms with Crippen molar-refractivity contribution in [1.82, 2.24) is 0 Å². The zero-order valence-corrected chi connectivity index (χ0v) is 26.7. The number of hydrogen-bond donors (Lipinski definition) is 0. The van der Waals surface area contributed by atoms with Gasteiger partial charge in [0.25, 0.3) is 0 Å². The van der Waals surface area contributed by atoms with Crippen LogP contribution in [0.25, 0.3) is 0 Å². The average Bonchev–Trinajstić information content (AvgIpc) is 3.06. The third kappa shape index (κ3) is 14.6. The summed E-state index contributed by atoms with van der Waals surface area (Å²) in [5.41, 5.74) is 3.92. The summed E-state index contributed by atoms with van der Waals surface area (Å²) in [6.45, 7) is 5.42. The summed E-state index contributed by atoms with van der Waals surface area (Å²) in [5, 5.41) is 17.3. The summed E-state index contributed by atoms with van der Waals surface area (Å²) in [4.78, 5) is 24.0. The number of unbranched alkanes of at least 4 members (excludes halogenated alkanes) is 6. The molecule has 0 spiro atoms. The van der Waals surface area contributed by atoms with E-state index in [4.69, 9.17) is 14.2 Å². The van der Waals surface area contributed by atoms with E-state index in [1.165, 1.54) is 26.2 Å². The lowest BCUT2D eigenvalue weighted by molar-refractivity contribution is -0.143. The van der Waals surface area contributed by atoms with Crippen molar-refractivity contribution in [3.05, 3.63) is 72.8 Å². The number of benzene rings is 3. The minimum Gasteiger partial charge on any atom is -0.494 e. The van der Waals surface area contributed by atoms with Gasteiger partial charge in [-0.25, -0.2) is 0 Å². The molecule has 45 heavy (non-hydrogen) atoms. The molecule has 0 radical (unpaired) electrons. The van der Waals surface area contributed by atoms with Crippen molar-refractivity contribution in [3.63, 3.8) is 0 Å². The first-order chi connectivity index (χ1) is 21.9. The van der Waals surface area contributed by atoms with Gasteiger partial charge in [-0.05, 0) is 85.6 Å². The van der Waals surface area contributed by atoms with Crippen LogP contribution in [-0.2, 0) is 19.1 Å². The fourth-order valence-corrected chi connectivity index (χ4v) is 4.22. The van der Waals surface area contributed by atoms with E-state index < -0.39 is 0 Å². The third-order valence-electron chi connectivity index (χ3n) is 6.88. The highest BCUT2D eigenvalue weighted by Gasteiger charge is 2.04. The molecule has 3 aromatic carbocycles. The molecule has 3 rings (SSSR count). The van der Waals surface area contributed by atoms with E-state index in [9.17, 15) is 9.59 Å². The largest absolute Gasteiger partial charge is 0.494 e. The molecule has 0 N–H and O–H groups in total. The van der Waals surface area contributed by atoms with E-state index in [1.807, 2.05) is 84.7 Å². The number of ether oxygens (including phenoxy) is 3. The van der Waals surface area contributed by atoms with Crippen LogP contribution in [0.15, 0.2) is 93.3 Å². The number of rotatable bonds is 20. The van der Waals surface area contributed by atoms with Crippen LogP contribution in [0.1, 0.15) is 65.2 Å². The predicted octanol–water partition coefficient (Wildman–Crippen LogP) is 9.58. The van der Waals surface area contributed by atoms with Crippen molar-refractivity contribution in [2.24, 2.45) is 20.5 Å². The molecule has 10 nitrogen and oxygen atoms in total. The molecule has 0 saturated carbocycles. The van der Waals surface area contributed by atoms with E-state index in [0.717, 1.165) is 54.2 Å². The first-order valence-corrected chi connectivity index (χ1v) is 15.7. The molecule has 240 valence electrons. The molecule has 0 atom stereocenters. The Morgan fingerprint density at radius 2 is 1.04 bits per heavy atom. The average molecular weight is 616 g/mol. The van der Waals surface area contributed by atoms with E-state index in [2.05, 4.69) is 20.5 Å². The number of azo groups is 2. The Labute approximate surface area is 266 Å². The Kier molecular flexibility index (Phi) is 15.8. The van der Waals surface area contributed by atoms with E-state index in [1.54, 1.807) is 6.92 Å². The standard InChI is InChI=1S/C35H45N5O5/c1-4-35(42)45-27-24-40(3)33-20-16-31(17-21-33)38-36-29-12-14-30(15-13-29)37-39-32-18-22-34(23-19-32)44-26-11-9-7-5-6-8-10-25-43-28(2)41/h12-23H,4-11,24-27H2,1-3H3. The molecule has 0 unspecified atom stereocenters. The van der Waals surface area contributed by atoms with Crippen molar-refractivity contribution in [2.75, 3.05) is 38.3 Å². The summed E-state index contributed by atoms with van der Waals surface area (Å²) >= 11 is 0. The van der Waals surface area contributed by atoms with Crippen LogP contribution in [0.2, 0.25) is 0 Å². The maximum Gasteiger partial charge on any atom is 0.305 e. The predicted molar refractivity (Wildman–Crippen MR) is 177 cm³/mol. The number of likely N-dealkylation sites (N-methyl/N-ethyl adjacent to an activating group) is 1. The first kappa shape index (κ1) is 34.9. The van der Waals surface area contributed by atoms with Gasteiger partial charge in [-0.15, -0.1) is 0 Å². The highest BCUT2D eigenvalue weighted by molar-refractivity contribution is 5.68. The number of nitrogens with zero attached hydrogens (tertiary/aromatic N) is 5. The normalized spacial score (nSPS) is 11.2. The molecular formula is C35H45N5O5. The smallest absolute Gasteiger partial charge is 0.305 e. The Hall–Kier alpha value is -4.60. The minimum absolute atomic E-state index is 0.191. The van der Waals surface area contributed by atoms with Gasteiger partial charge in [-0.3, -0.25) is 9.59 Å². The highest BCUT2D eigenvalue weighted by Crippen LogP contribution is 2.25. The monoisotopic (exact) mass is 615 g/mol.